The molecule has 0 unspecified atom stereocenters. The first-order valence-electron chi connectivity index (χ1n) is 9.69. The lowest BCUT2D eigenvalue weighted by molar-refractivity contribution is 0.0306. The topological polar surface area (TPSA) is 74.5 Å². The van der Waals surface area contributed by atoms with Crippen LogP contribution < -0.4 is 10.6 Å². The Hall–Kier alpha value is -0.830. The predicted molar refractivity (Wildman–Crippen MR) is 120 cm³/mol. The van der Waals surface area contributed by atoms with Gasteiger partial charge in [0.05, 0.1) is 17.8 Å². The number of rotatable bonds is 11. The van der Waals surface area contributed by atoms with Crippen molar-refractivity contribution in [3.8, 4) is 0 Å². The molecule has 0 bridgehead atoms. The highest BCUT2D eigenvalue weighted by Crippen LogP contribution is 2.19. The average Bonchev–Trinajstić information content (AvgIpc) is 2.87. The van der Waals surface area contributed by atoms with Crippen LogP contribution >= 0.6 is 24.0 Å². The van der Waals surface area contributed by atoms with Gasteiger partial charge in [0.25, 0.3) is 0 Å². The van der Waals surface area contributed by atoms with Crippen LogP contribution in [0.25, 0.3) is 0 Å². The number of hydrogen-bond donors (Lipinski definition) is 3. The van der Waals surface area contributed by atoms with Gasteiger partial charge >= 0.3 is 0 Å². The Labute approximate surface area is 176 Å². The van der Waals surface area contributed by atoms with Gasteiger partial charge in [-0.1, -0.05) is 26.7 Å². The third-order valence-corrected chi connectivity index (χ3v) is 4.25. The SMILES string of the molecule is CCCC(O)(CCC)CN=C(NCC)NCCCn1nc(C)cc1C.I. The van der Waals surface area contributed by atoms with Crippen molar-refractivity contribution < 1.29 is 5.11 Å². The average molecular weight is 479 g/mol. The fourth-order valence-corrected chi connectivity index (χ4v) is 3.12. The molecule has 152 valence electrons. The van der Waals surface area contributed by atoms with Gasteiger partial charge in [0, 0.05) is 25.3 Å². The van der Waals surface area contributed by atoms with Gasteiger partial charge in [-0.2, -0.15) is 5.10 Å². The van der Waals surface area contributed by atoms with Gasteiger partial charge < -0.3 is 15.7 Å². The summed E-state index contributed by atoms with van der Waals surface area (Å²) in [7, 11) is 0. The molecule has 1 aromatic rings. The molecular weight excluding hydrogens is 441 g/mol. The van der Waals surface area contributed by atoms with Crippen LogP contribution in [0.5, 0.6) is 0 Å². The van der Waals surface area contributed by atoms with Crippen molar-refractivity contribution in [2.75, 3.05) is 19.6 Å². The predicted octanol–water partition coefficient (Wildman–Crippen LogP) is 3.39. The van der Waals surface area contributed by atoms with E-state index in [-0.39, 0.29) is 24.0 Å². The fourth-order valence-electron chi connectivity index (χ4n) is 3.12. The van der Waals surface area contributed by atoms with Crippen LogP contribution in [-0.4, -0.2) is 46.1 Å². The number of aliphatic imine (C=N–C) groups is 1. The van der Waals surface area contributed by atoms with Crippen molar-refractivity contribution in [3.63, 3.8) is 0 Å². The van der Waals surface area contributed by atoms with Crippen molar-refractivity contribution in [3.05, 3.63) is 17.5 Å². The molecule has 0 atom stereocenters. The Morgan fingerprint density at radius 2 is 1.85 bits per heavy atom. The summed E-state index contributed by atoms with van der Waals surface area (Å²) in [6.07, 6.45) is 4.50. The number of hydrogen-bond acceptors (Lipinski definition) is 3. The third kappa shape index (κ3) is 9.21. The minimum Gasteiger partial charge on any atom is -0.388 e. The van der Waals surface area contributed by atoms with E-state index in [9.17, 15) is 5.11 Å². The summed E-state index contributed by atoms with van der Waals surface area (Å²) in [5.41, 5.74) is 1.57. The molecule has 3 N–H and O–H groups in total. The summed E-state index contributed by atoms with van der Waals surface area (Å²) in [6.45, 7) is 13.3. The van der Waals surface area contributed by atoms with E-state index in [1.54, 1.807) is 0 Å². The second-order valence-electron chi connectivity index (χ2n) is 6.85. The zero-order valence-corrected chi connectivity index (χ0v) is 19.5. The second kappa shape index (κ2) is 13.4. The molecule has 0 aliphatic rings. The highest BCUT2D eigenvalue weighted by atomic mass is 127. The van der Waals surface area contributed by atoms with E-state index < -0.39 is 5.60 Å². The number of nitrogens with one attached hydrogen (secondary N) is 2. The Balaban J connectivity index is 0.00000625. The molecule has 0 saturated carbocycles. The first-order chi connectivity index (χ1) is 11.9. The van der Waals surface area contributed by atoms with Crippen LogP contribution in [0.1, 0.15) is 64.3 Å². The Bertz CT molecular complexity index is 524. The number of nitrogens with zero attached hydrogens (tertiary/aromatic N) is 3. The van der Waals surface area contributed by atoms with Crippen LogP contribution in [0.4, 0.5) is 0 Å². The molecule has 1 aromatic heterocycles. The van der Waals surface area contributed by atoms with E-state index in [0.717, 1.165) is 63.4 Å². The number of guanidine groups is 1. The maximum Gasteiger partial charge on any atom is 0.191 e. The Kier molecular flexibility index (Phi) is 12.9. The lowest BCUT2D eigenvalue weighted by atomic mass is 9.93. The standard InChI is InChI=1S/C19H37N5O.HI/c1-6-10-19(25,11-7-2)15-22-18(20-8-3)21-12-9-13-24-17(5)14-16(4)23-24;/h14,25H,6-13,15H2,1-5H3,(H2,20,21,22);1H. The minimum atomic E-state index is -0.685. The molecule has 0 radical (unpaired) electrons. The molecule has 0 amide bonds. The molecule has 1 rings (SSSR count). The van der Waals surface area contributed by atoms with E-state index in [4.69, 9.17) is 0 Å². The van der Waals surface area contributed by atoms with Crippen molar-refractivity contribution in [1.82, 2.24) is 20.4 Å². The zero-order chi connectivity index (χ0) is 18.7. The highest BCUT2D eigenvalue weighted by Gasteiger charge is 2.24. The van der Waals surface area contributed by atoms with Crippen LogP contribution in [0, 0.1) is 13.8 Å². The molecule has 7 heteroatoms. The molecule has 1 heterocycles. The molecule has 0 saturated heterocycles. The van der Waals surface area contributed by atoms with E-state index in [2.05, 4.69) is 54.5 Å². The Morgan fingerprint density at radius 3 is 2.35 bits per heavy atom. The van der Waals surface area contributed by atoms with E-state index in [1.807, 2.05) is 11.6 Å². The molecular formula is C19H38IN5O. The highest BCUT2D eigenvalue weighted by molar-refractivity contribution is 14.0. The van der Waals surface area contributed by atoms with Gasteiger partial charge in [-0.05, 0) is 46.1 Å². The lowest BCUT2D eigenvalue weighted by Crippen LogP contribution is -2.40. The maximum atomic E-state index is 10.7. The smallest absolute Gasteiger partial charge is 0.191 e. The zero-order valence-electron chi connectivity index (χ0n) is 17.1. The van der Waals surface area contributed by atoms with Crippen LogP contribution in [0.15, 0.2) is 11.1 Å². The fraction of sp³-hybridized carbons (Fsp3) is 0.789. The normalized spacial score (nSPS) is 12.0. The van der Waals surface area contributed by atoms with Gasteiger partial charge in [-0.15, -0.1) is 24.0 Å². The van der Waals surface area contributed by atoms with E-state index >= 15 is 0 Å². The molecule has 0 aliphatic carbocycles. The summed E-state index contributed by atoms with van der Waals surface area (Å²) < 4.78 is 2.04. The van der Waals surface area contributed by atoms with Crippen LogP contribution in [0.3, 0.4) is 0 Å². The summed E-state index contributed by atoms with van der Waals surface area (Å²) >= 11 is 0. The monoisotopic (exact) mass is 479 g/mol. The maximum absolute atomic E-state index is 10.7. The van der Waals surface area contributed by atoms with Gasteiger partial charge in [-0.3, -0.25) is 9.67 Å². The first-order valence-corrected chi connectivity index (χ1v) is 9.69. The number of aliphatic hydroxyl groups is 1. The van der Waals surface area contributed by atoms with Crippen molar-refractivity contribution in [2.24, 2.45) is 4.99 Å². The van der Waals surface area contributed by atoms with Crippen molar-refractivity contribution in [2.45, 2.75) is 78.9 Å². The van der Waals surface area contributed by atoms with Gasteiger partial charge in [-0.25, -0.2) is 0 Å². The molecule has 0 fully saturated rings. The third-order valence-electron chi connectivity index (χ3n) is 4.25. The van der Waals surface area contributed by atoms with Gasteiger partial charge in [0.2, 0.25) is 0 Å². The largest absolute Gasteiger partial charge is 0.388 e. The summed E-state index contributed by atoms with van der Waals surface area (Å²) in [6, 6.07) is 2.10. The molecule has 6 nitrogen and oxygen atoms in total. The van der Waals surface area contributed by atoms with Crippen LogP contribution in [0.2, 0.25) is 0 Å². The minimum absolute atomic E-state index is 0. The molecule has 0 aliphatic heterocycles. The summed E-state index contributed by atoms with van der Waals surface area (Å²) in [4.78, 5) is 4.61. The Morgan fingerprint density at radius 1 is 1.19 bits per heavy atom. The van der Waals surface area contributed by atoms with Crippen molar-refractivity contribution in [1.29, 1.82) is 0 Å². The van der Waals surface area contributed by atoms with Gasteiger partial charge in [0.1, 0.15) is 0 Å². The molecule has 0 spiro atoms. The van der Waals surface area contributed by atoms with E-state index in [1.165, 1.54) is 5.69 Å². The number of halogens is 1. The van der Waals surface area contributed by atoms with Gasteiger partial charge in [0.15, 0.2) is 5.96 Å². The second-order valence-corrected chi connectivity index (χ2v) is 6.85. The van der Waals surface area contributed by atoms with E-state index in [0.29, 0.717) is 6.54 Å². The molecule has 26 heavy (non-hydrogen) atoms. The quantitative estimate of drug-likeness (QED) is 0.197. The summed E-state index contributed by atoms with van der Waals surface area (Å²) in [5, 5.41) is 21.8. The lowest BCUT2D eigenvalue weighted by Gasteiger charge is -2.26. The van der Waals surface area contributed by atoms with Crippen LogP contribution in [-0.2, 0) is 6.54 Å². The molecule has 0 aromatic carbocycles. The number of aromatic nitrogens is 2. The van der Waals surface area contributed by atoms with Crippen molar-refractivity contribution >= 4 is 29.9 Å². The number of aryl methyl sites for hydroxylation is 3. The first kappa shape index (κ1) is 25.2. The summed E-state index contributed by atoms with van der Waals surface area (Å²) in [5.74, 6) is 0.779.